The highest BCUT2D eigenvalue weighted by Gasteiger charge is 2.20. The van der Waals surface area contributed by atoms with Crippen molar-refractivity contribution in [3.05, 3.63) is 35.4 Å². The van der Waals surface area contributed by atoms with Crippen LogP contribution in [0.3, 0.4) is 0 Å². The minimum Gasteiger partial charge on any atom is -0.461 e. The van der Waals surface area contributed by atoms with Gasteiger partial charge in [0.15, 0.2) is 5.69 Å². The zero-order chi connectivity index (χ0) is 17.0. The maximum atomic E-state index is 12.3. The summed E-state index contributed by atoms with van der Waals surface area (Å²) in [7, 11) is 1.59. The Morgan fingerprint density at radius 2 is 2.09 bits per heavy atom. The van der Waals surface area contributed by atoms with Crippen LogP contribution in [0.25, 0.3) is 0 Å². The third kappa shape index (κ3) is 3.77. The number of nitrogens with zero attached hydrogens (tertiary/aromatic N) is 4. The molecule has 0 radical (unpaired) electrons. The third-order valence-electron chi connectivity index (χ3n) is 3.37. The lowest BCUT2D eigenvalue weighted by atomic mass is 10.2. The van der Waals surface area contributed by atoms with Gasteiger partial charge in [-0.05, 0) is 26.8 Å². The number of carbonyl (C=O) groups is 2. The van der Waals surface area contributed by atoms with Crippen LogP contribution >= 0.6 is 0 Å². The summed E-state index contributed by atoms with van der Waals surface area (Å²) >= 11 is 0. The molecule has 1 atom stereocenters. The van der Waals surface area contributed by atoms with Gasteiger partial charge < -0.3 is 10.1 Å². The Labute approximate surface area is 134 Å². The van der Waals surface area contributed by atoms with E-state index < -0.39 is 5.97 Å². The van der Waals surface area contributed by atoms with Gasteiger partial charge in [-0.2, -0.15) is 10.2 Å². The van der Waals surface area contributed by atoms with Crippen LogP contribution in [0.5, 0.6) is 0 Å². The topological polar surface area (TPSA) is 91.0 Å². The Balaban J connectivity index is 2.08. The van der Waals surface area contributed by atoms with Crippen molar-refractivity contribution in [3.8, 4) is 0 Å². The normalized spacial score (nSPS) is 12.0. The van der Waals surface area contributed by atoms with Gasteiger partial charge in [-0.25, -0.2) is 4.79 Å². The number of hydrogen-bond acceptors (Lipinski definition) is 5. The molecule has 0 aliphatic heterocycles. The van der Waals surface area contributed by atoms with E-state index in [2.05, 4.69) is 15.5 Å². The van der Waals surface area contributed by atoms with Gasteiger partial charge >= 0.3 is 5.97 Å². The number of rotatable bonds is 6. The number of aromatic nitrogens is 4. The monoisotopic (exact) mass is 319 g/mol. The quantitative estimate of drug-likeness (QED) is 0.811. The number of hydrogen-bond donors (Lipinski definition) is 1. The van der Waals surface area contributed by atoms with E-state index in [1.54, 1.807) is 18.7 Å². The standard InChI is InChI=1S/C15H21N5O3/c1-5-20-8-7-11(18-20)10(3)16-14(21)12-9-13(19(4)17-12)15(22)23-6-2/h7-10H,5-6H2,1-4H3,(H,16,21). The first-order chi connectivity index (χ1) is 11.0. The summed E-state index contributed by atoms with van der Waals surface area (Å²) in [6.45, 7) is 6.59. The second-order valence-electron chi connectivity index (χ2n) is 5.05. The highest BCUT2D eigenvalue weighted by molar-refractivity contribution is 5.96. The fourth-order valence-electron chi connectivity index (χ4n) is 2.10. The number of aryl methyl sites for hydroxylation is 2. The SMILES string of the molecule is CCOC(=O)c1cc(C(=O)NC(C)c2ccn(CC)n2)nn1C. The minimum absolute atomic E-state index is 0.164. The van der Waals surface area contributed by atoms with Crippen molar-refractivity contribution in [2.24, 2.45) is 7.05 Å². The molecule has 124 valence electrons. The van der Waals surface area contributed by atoms with Crippen molar-refractivity contribution in [2.45, 2.75) is 33.4 Å². The summed E-state index contributed by atoms with van der Waals surface area (Å²) in [6.07, 6.45) is 1.86. The lowest BCUT2D eigenvalue weighted by Crippen LogP contribution is -2.27. The molecule has 1 N–H and O–H groups in total. The Kier molecular flexibility index (Phi) is 5.15. The zero-order valence-corrected chi connectivity index (χ0v) is 13.7. The number of ether oxygens (including phenoxy) is 1. The highest BCUT2D eigenvalue weighted by atomic mass is 16.5. The van der Waals surface area contributed by atoms with Gasteiger partial charge in [0.05, 0.1) is 18.3 Å². The van der Waals surface area contributed by atoms with Gasteiger partial charge in [0, 0.05) is 25.9 Å². The van der Waals surface area contributed by atoms with Crippen LogP contribution in [0.2, 0.25) is 0 Å². The van der Waals surface area contributed by atoms with Crippen LogP contribution in [0.15, 0.2) is 18.3 Å². The molecular formula is C15H21N5O3. The van der Waals surface area contributed by atoms with E-state index in [1.807, 2.05) is 26.1 Å². The average Bonchev–Trinajstić information content (AvgIpc) is 3.13. The molecule has 2 aromatic heterocycles. The average molecular weight is 319 g/mol. The van der Waals surface area contributed by atoms with E-state index in [9.17, 15) is 9.59 Å². The van der Waals surface area contributed by atoms with E-state index in [0.29, 0.717) is 0 Å². The number of amides is 1. The van der Waals surface area contributed by atoms with E-state index in [0.717, 1.165) is 12.2 Å². The highest BCUT2D eigenvalue weighted by Crippen LogP contribution is 2.11. The number of esters is 1. The summed E-state index contributed by atoms with van der Waals surface area (Å²) in [5.74, 6) is -0.869. The summed E-state index contributed by atoms with van der Waals surface area (Å²) in [5, 5.41) is 11.2. The van der Waals surface area contributed by atoms with Gasteiger partial charge in [0.1, 0.15) is 5.69 Å². The molecule has 23 heavy (non-hydrogen) atoms. The summed E-state index contributed by atoms with van der Waals surface area (Å²) in [6, 6.07) is 3.02. The molecular weight excluding hydrogens is 298 g/mol. The first-order valence-electron chi connectivity index (χ1n) is 7.51. The second-order valence-corrected chi connectivity index (χ2v) is 5.05. The van der Waals surface area contributed by atoms with Crippen LogP contribution in [-0.4, -0.2) is 38.0 Å². The van der Waals surface area contributed by atoms with E-state index in [-0.39, 0.29) is 29.9 Å². The fraction of sp³-hybridized carbons (Fsp3) is 0.467. The Morgan fingerprint density at radius 1 is 1.35 bits per heavy atom. The van der Waals surface area contributed by atoms with Crippen molar-refractivity contribution in [1.29, 1.82) is 0 Å². The van der Waals surface area contributed by atoms with Gasteiger partial charge in [-0.1, -0.05) is 0 Å². The molecule has 0 aliphatic carbocycles. The maximum absolute atomic E-state index is 12.3. The zero-order valence-electron chi connectivity index (χ0n) is 13.7. The summed E-state index contributed by atoms with van der Waals surface area (Å²) in [5.41, 5.74) is 1.17. The Hall–Kier alpha value is -2.64. The lowest BCUT2D eigenvalue weighted by molar-refractivity contribution is 0.0513. The molecule has 0 saturated carbocycles. The predicted octanol–water partition coefficient (Wildman–Crippen LogP) is 1.30. The Morgan fingerprint density at radius 3 is 2.70 bits per heavy atom. The van der Waals surface area contributed by atoms with Crippen molar-refractivity contribution in [2.75, 3.05) is 6.61 Å². The molecule has 2 aromatic rings. The van der Waals surface area contributed by atoms with Crippen LogP contribution in [-0.2, 0) is 18.3 Å². The summed E-state index contributed by atoms with van der Waals surface area (Å²) in [4.78, 5) is 24.0. The molecule has 0 aromatic carbocycles. The van der Waals surface area contributed by atoms with Crippen molar-refractivity contribution >= 4 is 11.9 Å². The van der Waals surface area contributed by atoms with E-state index in [4.69, 9.17) is 4.74 Å². The third-order valence-corrected chi connectivity index (χ3v) is 3.37. The largest absolute Gasteiger partial charge is 0.461 e. The predicted molar refractivity (Wildman–Crippen MR) is 82.9 cm³/mol. The molecule has 0 bridgehead atoms. The number of carbonyl (C=O) groups excluding carboxylic acids is 2. The molecule has 2 heterocycles. The first kappa shape index (κ1) is 16.7. The smallest absolute Gasteiger partial charge is 0.356 e. The van der Waals surface area contributed by atoms with Gasteiger partial charge in [-0.3, -0.25) is 14.2 Å². The first-order valence-corrected chi connectivity index (χ1v) is 7.51. The molecule has 1 unspecified atom stereocenters. The molecule has 8 heteroatoms. The van der Waals surface area contributed by atoms with Gasteiger partial charge in [-0.15, -0.1) is 0 Å². The van der Waals surface area contributed by atoms with Crippen LogP contribution in [0.4, 0.5) is 0 Å². The van der Waals surface area contributed by atoms with Crippen LogP contribution in [0.1, 0.15) is 53.5 Å². The van der Waals surface area contributed by atoms with E-state index in [1.165, 1.54) is 10.7 Å². The number of nitrogens with one attached hydrogen (secondary N) is 1. The molecule has 2 rings (SSSR count). The second kappa shape index (κ2) is 7.08. The molecule has 0 aliphatic rings. The van der Waals surface area contributed by atoms with Gasteiger partial charge in [0.2, 0.25) is 0 Å². The van der Waals surface area contributed by atoms with Crippen molar-refractivity contribution in [1.82, 2.24) is 24.9 Å². The molecule has 0 fully saturated rings. The molecule has 1 amide bonds. The van der Waals surface area contributed by atoms with Gasteiger partial charge in [0.25, 0.3) is 5.91 Å². The van der Waals surface area contributed by atoms with Crippen molar-refractivity contribution < 1.29 is 14.3 Å². The van der Waals surface area contributed by atoms with Crippen molar-refractivity contribution in [3.63, 3.8) is 0 Å². The Bertz CT molecular complexity index is 704. The molecule has 0 spiro atoms. The summed E-state index contributed by atoms with van der Waals surface area (Å²) < 4.78 is 8.05. The lowest BCUT2D eigenvalue weighted by Gasteiger charge is -2.10. The molecule has 0 saturated heterocycles. The fourth-order valence-corrected chi connectivity index (χ4v) is 2.10. The van der Waals surface area contributed by atoms with E-state index >= 15 is 0 Å². The van der Waals surface area contributed by atoms with Crippen LogP contribution in [0, 0.1) is 0 Å². The maximum Gasteiger partial charge on any atom is 0.356 e. The molecule has 8 nitrogen and oxygen atoms in total. The minimum atomic E-state index is -0.503. The van der Waals surface area contributed by atoms with Crippen LogP contribution < -0.4 is 5.32 Å².